The first kappa shape index (κ1) is 16.4. The van der Waals surface area contributed by atoms with Gasteiger partial charge in [0.05, 0.1) is 12.6 Å². The molecule has 1 unspecified atom stereocenters. The van der Waals surface area contributed by atoms with Crippen LogP contribution in [0.15, 0.2) is 10.6 Å². The van der Waals surface area contributed by atoms with E-state index in [0.717, 1.165) is 0 Å². The fraction of sp³-hybridized carbons (Fsp3) is 0.750. The van der Waals surface area contributed by atoms with Crippen molar-refractivity contribution < 1.29 is 14.6 Å². The highest BCUT2D eigenvalue weighted by molar-refractivity contribution is 9.11. The minimum absolute atomic E-state index is 0.0841. The Labute approximate surface area is 112 Å². The molecule has 0 fully saturated rings. The van der Waals surface area contributed by atoms with Gasteiger partial charge < -0.3 is 15.2 Å². The standard InChI is InChI=1S/C12H22BrNO3/c1-8(2)10(6-9(13)7-15)14-11(16)17-12(3,4)5/h6,8,10,15H,7H2,1-5H3,(H,14,16)/b9-6-. The molecule has 0 aromatic carbocycles. The van der Waals surface area contributed by atoms with E-state index in [1.807, 2.05) is 34.6 Å². The van der Waals surface area contributed by atoms with E-state index in [-0.39, 0.29) is 18.6 Å². The van der Waals surface area contributed by atoms with Gasteiger partial charge in [0.2, 0.25) is 0 Å². The Morgan fingerprint density at radius 2 is 2.00 bits per heavy atom. The Morgan fingerprint density at radius 3 is 2.35 bits per heavy atom. The number of hydrogen-bond donors (Lipinski definition) is 2. The summed E-state index contributed by atoms with van der Waals surface area (Å²) < 4.78 is 5.82. The number of nitrogens with one attached hydrogen (secondary N) is 1. The highest BCUT2D eigenvalue weighted by Crippen LogP contribution is 2.12. The lowest BCUT2D eigenvalue weighted by molar-refractivity contribution is 0.0503. The molecule has 0 aliphatic carbocycles. The topological polar surface area (TPSA) is 58.6 Å². The summed E-state index contributed by atoms with van der Waals surface area (Å²) in [6.07, 6.45) is 1.32. The molecule has 5 heteroatoms. The smallest absolute Gasteiger partial charge is 0.408 e. The molecular weight excluding hydrogens is 286 g/mol. The van der Waals surface area contributed by atoms with Crippen molar-refractivity contribution in [2.75, 3.05) is 6.61 Å². The largest absolute Gasteiger partial charge is 0.444 e. The first-order valence-corrected chi connectivity index (χ1v) is 6.41. The van der Waals surface area contributed by atoms with E-state index in [1.165, 1.54) is 0 Å². The molecule has 0 spiro atoms. The Kier molecular flexibility index (Phi) is 6.78. The number of carbonyl (C=O) groups is 1. The van der Waals surface area contributed by atoms with Crippen LogP contribution in [0.3, 0.4) is 0 Å². The summed E-state index contributed by atoms with van der Waals surface area (Å²) in [6, 6.07) is -0.175. The third kappa shape index (κ3) is 8.21. The monoisotopic (exact) mass is 307 g/mol. The molecule has 4 nitrogen and oxygen atoms in total. The normalized spacial score (nSPS) is 14.7. The number of alkyl carbamates (subject to hydrolysis) is 1. The van der Waals surface area contributed by atoms with Crippen LogP contribution in [0.25, 0.3) is 0 Å². The van der Waals surface area contributed by atoms with E-state index in [4.69, 9.17) is 9.84 Å². The maximum Gasteiger partial charge on any atom is 0.408 e. The number of amides is 1. The fourth-order valence-corrected chi connectivity index (χ4v) is 1.38. The van der Waals surface area contributed by atoms with E-state index in [0.29, 0.717) is 4.48 Å². The SMILES string of the molecule is CC(C)C(/C=C(\Br)CO)NC(=O)OC(C)(C)C. The summed E-state index contributed by atoms with van der Waals surface area (Å²) in [6.45, 7) is 9.33. The van der Waals surface area contributed by atoms with Crippen molar-refractivity contribution in [3.05, 3.63) is 10.6 Å². The number of hydrogen-bond acceptors (Lipinski definition) is 3. The van der Waals surface area contributed by atoms with Gasteiger partial charge in [0, 0.05) is 4.48 Å². The van der Waals surface area contributed by atoms with Crippen molar-refractivity contribution in [2.45, 2.75) is 46.3 Å². The zero-order valence-electron chi connectivity index (χ0n) is 11.1. The molecule has 0 aromatic rings. The fourth-order valence-electron chi connectivity index (χ4n) is 1.09. The summed E-state index contributed by atoms with van der Waals surface area (Å²) >= 11 is 3.22. The van der Waals surface area contributed by atoms with Crippen LogP contribution in [0.2, 0.25) is 0 Å². The van der Waals surface area contributed by atoms with Gasteiger partial charge in [-0.25, -0.2) is 4.79 Å². The van der Waals surface area contributed by atoms with Crippen LogP contribution in [0.1, 0.15) is 34.6 Å². The molecule has 100 valence electrons. The van der Waals surface area contributed by atoms with Crippen molar-refractivity contribution in [3.63, 3.8) is 0 Å². The number of ether oxygens (including phenoxy) is 1. The van der Waals surface area contributed by atoms with Gasteiger partial charge in [-0.05, 0) is 32.8 Å². The zero-order valence-corrected chi connectivity index (χ0v) is 12.7. The second-order valence-corrected chi connectivity index (χ2v) is 6.21. The molecule has 2 N–H and O–H groups in total. The maximum absolute atomic E-state index is 11.6. The van der Waals surface area contributed by atoms with Crippen LogP contribution in [0, 0.1) is 5.92 Å². The Bertz CT molecular complexity index is 282. The van der Waals surface area contributed by atoms with Crippen molar-refractivity contribution in [1.82, 2.24) is 5.32 Å². The van der Waals surface area contributed by atoms with Gasteiger partial charge in [-0.1, -0.05) is 29.8 Å². The first-order chi connectivity index (χ1) is 7.65. The molecule has 0 aromatic heterocycles. The van der Waals surface area contributed by atoms with Crippen LogP contribution in [0.4, 0.5) is 4.79 Å². The minimum atomic E-state index is -0.510. The molecular formula is C12H22BrNO3. The van der Waals surface area contributed by atoms with Gasteiger partial charge in [-0.3, -0.25) is 0 Å². The molecule has 0 saturated heterocycles. The van der Waals surface area contributed by atoms with Crippen LogP contribution in [-0.4, -0.2) is 29.4 Å². The van der Waals surface area contributed by atoms with Crippen molar-refractivity contribution >= 4 is 22.0 Å². The lowest BCUT2D eigenvalue weighted by atomic mass is 10.0. The molecule has 0 aliphatic heterocycles. The third-order valence-electron chi connectivity index (χ3n) is 1.91. The molecule has 1 amide bonds. The molecule has 0 aliphatic rings. The number of rotatable bonds is 4. The molecule has 0 heterocycles. The van der Waals surface area contributed by atoms with Crippen molar-refractivity contribution in [1.29, 1.82) is 0 Å². The molecule has 0 saturated carbocycles. The molecule has 0 rings (SSSR count). The van der Waals surface area contributed by atoms with Crippen molar-refractivity contribution in [2.24, 2.45) is 5.92 Å². The predicted octanol–water partition coefficient (Wildman–Crippen LogP) is 2.81. The number of aliphatic hydroxyl groups excluding tert-OH is 1. The number of halogens is 1. The van der Waals surface area contributed by atoms with Gasteiger partial charge >= 0.3 is 6.09 Å². The quantitative estimate of drug-likeness (QED) is 0.839. The van der Waals surface area contributed by atoms with Crippen LogP contribution in [0.5, 0.6) is 0 Å². The average Bonchev–Trinajstić information content (AvgIpc) is 2.13. The number of carbonyl (C=O) groups excluding carboxylic acids is 1. The van der Waals surface area contributed by atoms with E-state index in [1.54, 1.807) is 6.08 Å². The summed E-state index contributed by atoms with van der Waals surface area (Å²) in [5, 5.41) is 11.7. The van der Waals surface area contributed by atoms with Gasteiger partial charge in [0.1, 0.15) is 5.60 Å². The lowest BCUT2D eigenvalue weighted by Crippen LogP contribution is -2.40. The average molecular weight is 308 g/mol. The molecule has 0 radical (unpaired) electrons. The van der Waals surface area contributed by atoms with E-state index >= 15 is 0 Å². The van der Waals surface area contributed by atoms with E-state index in [2.05, 4.69) is 21.2 Å². The molecule has 1 atom stereocenters. The second-order valence-electron chi connectivity index (χ2n) is 5.19. The summed E-state index contributed by atoms with van der Waals surface area (Å²) in [5.74, 6) is 0.210. The van der Waals surface area contributed by atoms with Gasteiger partial charge in [-0.15, -0.1) is 0 Å². The Hall–Kier alpha value is -0.550. The van der Waals surface area contributed by atoms with E-state index < -0.39 is 11.7 Å². The van der Waals surface area contributed by atoms with Gasteiger partial charge in [-0.2, -0.15) is 0 Å². The summed E-state index contributed by atoms with van der Waals surface area (Å²) in [5.41, 5.74) is -0.510. The van der Waals surface area contributed by atoms with Gasteiger partial charge in [0.25, 0.3) is 0 Å². The highest BCUT2D eigenvalue weighted by atomic mass is 79.9. The Morgan fingerprint density at radius 1 is 1.47 bits per heavy atom. The molecule has 17 heavy (non-hydrogen) atoms. The van der Waals surface area contributed by atoms with E-state index in [9.17, 15) is 4.79 Å². The predicted molar refractivity (Wildman–Crippen MR) is 72.1 cm³/mol. The molecule has 0 bridgehead atoms. The Balaban J connectivity index is 4.52. The second kappa shape index (κ2) is 7.01. The third-order valence-corrected chi connectivity index (χ3v) is 2.43. The summed E-state index contributed by atoms with van der Waals surface area (Å²) in [7, 11) is 0. The zero-order chi connectivity index (χ0) is 13.6. The maximum atomic E-state index is 11.6. The first-order valence-electron chi connectivity index (χ1n) is 5.62. The van der Waals surface area contributed by atoms with Crippen molar-refractivity contribution in [3.8, 4) is 0 Å². The number of aliphatic hydroxyl groups is 1. The van der Waals surface area contributed by atoms with Gasteiger partial charge in [0.15, 0.2) is 0 Å². The highest BCUT2D eigenvalue weighted by Gasteiger charge is 2.20. The van der Waals surface area contributed by atoms with Crippen LogP contribution >= 0.6 is 15.9 Å². The lowest BCUT2D eigenvalue weighted by Gasteiger charge is -2.24. The van der Waals surface area contributed by atoms with Crippen LogP contribution < -0.4 is 5.32 Å². The minimum Gasteiger partial charge on any atom is -0.444 e. The summed E-state index contributed by atoms with van der Waals surface area (Å²) in [4.78, 5) is 11.6. The van der Waals surface area contributed by atoms with Crippen LogP contribution in [-0.2, 0) is 4.74 Å².